The molecule has 34 heavy (non-hydrogen) atoms. The second-order valence-corrected chi connectivity index (χ2v) is 7.76. The van der Waals surface area contributed by atoms with Gasteiger partial charge in [0.2, 0.25) is 0 Å². The molecule has 1 aromatic heterocycles. The first kappa shape index (κ1) is 29.1. The number of pyridine rings is 1. The Hall–Kier alpha value is -2.97. The predicted molar refractivity (Wildman–Crippen MR) is 137 cm³/mol. The van der Waals surface area contributed by atoms with E-state index in [2.05, 4.69) is 20.4 Å². The monoisotopic (exact) mass is 473 g/mol. The number of ketones is 1. The van der Waals surface area contributed by atoms with Crippen molar-refractivity contribution in [2.75, 3.05) is 50.7 Å². The molecule has 1 saturated heterocycles. The highest BCUT2D eigenvalue weighted by Crippen LogP contribution is 2.22. The zero-order valence-corrected chi connectivity index (χ0v) is 20.8. The van der Waals surface area contributed by atoms with E-state index in [1.807, 2.05) is 19.9 Å². The van der Waals surface area contributed by atoms with E-state index in [0.29, 0.717) is 40.7 Å². The molecule has 0 unspecified atom stereocenters. The van der Waals surface area contributed by atoms with Crippen molar-refractivity contribution in [2.45, 2.75) is 40.0 Å². The molecule has 0 aromatic carbocycles. The number of rotatable bonds is 12. The maximum absolute atomic E-state index is 13.1. The van der Waals surface area contributed by atoms with Crippen LogP contribution in [0.15, 0.2) is 47.8 Å². The first-order valence-corrected chi connectivity index (χ1v) is 11.7. The minimum Gasteiger partial charge on any atom is -0.515 e. The van der Waals surface area contributed by atoms with E-state index in [1.165, 1.54) is 0 Å². The molecular formula is C26H39N3O5. The molecule has 1 aliphatic heterocycles. The van der Waals surface area contributed by atoms with Crippen LogP contribution < -0.4 is 10.6 Å². The molecule has 0 bridgehead atoms. The molecule has 3 N–H and O–H groups in total. The van der Waals surface area contributed by atoms with Crippen LogP contribution in [0.3, 0.4) is 0 Å². The fraction of sp³-hybridized carbons (Fsp3) is 0.500. The largest absolute Gasteiger partial charge is 0.515 e. The number of hydrogen-bond acceptors (Lipinski definition) is 8. The number of aliphatic hydroxyl groups excluding tert-OH is 1. The molecule has 0 aliphatic carbocycles. The Morgan fingerprint density at radius 3 is 2.53 bits per heavy atom. The van der Waals surface area contributed by atoms with Gasteiger partial charge in [0.15, 0.2) is 5.78 Å². The van der Waals surface area contributed by atoms with Gasteiger partial charge in [0.25, 0.3) is 0 Å². The van der Waals surface area contributed by atoms with Crippen LogP contribution in [0.2, 0.25) is 0 Å². The van der Waals surface area contributed by atoms with Crippen LogP contribution in [0, 0.1) is 5.92 Å². The molecule has 8 nitrogen and oxygen atoms in total. The number of anilines is 2. The van der Waals surface area contributed by atoms with Gasteiger partial charge in [0.1, 0.15) is 17.9 Å². The number of carbonyl (C=O) groups excluding carboxylic acids is 2. The zero-order valence-electron chi connectivity index (χ0n) is 20.8. The van der Waals surface area contributed by atoms with Gasteiger partial charge in [-0.25, -0.2) is 4.98 Å². The summed E-state index contributed by atoms with van der Waals surface area (Å²) in [6.07, 6.45) is 9.60. The quantitative estimate of drug-likeness (QED) is 0.132. The van der Waals surface area contributed by atoms with Crippen molar-refractivity contribution < 1.29 is 24.2 Å². The molecule has 0 radical (unpaired) electrons. The standard InChI is InChI=1S/C23H31N3O4.C3H8O/c1-3-4-19(6-5-17(2)16-28)22(29)20-7-8-21(26-23(20)24-11-12-27)25-15-18-9-13-30-14-10-18;1-3-4-2/h4-8,12,16,18,28H,3,9-11,13-15H2,1-2H3,(H2,24,25,26);3H2,1-2H3/b6-5-,17-16+,19-4+;. The van der Waals surface area contributed by atoms with Gasteiger partial charge in [0.05, 0.1) is 18.4 Å². The Morgan fingerprint density at radius 1 is 1.24 bits per heavy atom. The van der Waals surface area contributed by atoms with E-state index in [1.54, 1.807) is 38.3 Å². The maximum atomic E-state index is 13.1. The van der Waals surface area contributed by atoms with Gasteiger partial charge in [-0.2, -0.15) is 0 Å². The molecule has 0 amide bonds. The summed E-state index contributed by atoms with van der Waals surface area (Å²) in [5.41, 5.74) is 1.52. The lowest BCUT2D eigenvalue weighted by Crippen LogP contribution is -2.23. The number of Topliss-reactive ketones (excluding diaryl/α,β-unsaturated/α-hetero) is 1. The van der Waals surface area contributed by atoms with Gasteiger partial charge in [0, 0.05) is 39.0 Å². The Kier molecular flexibility index (Phi) is 15.0. The smallest absolute Gasteiger partial charge is 0.196 e. The van der Waals surface area contributed by atoms with E-state index >= 15 is 0 Å². The van der Waals surface area contributed by atoms with Gasteiger partial charge in [-0.15, -0.1) is 0 Å². The van der Waals surface area contributed by atoms with Crippen LogP contribution in [0.5, 0.6) is 0 Å². The summed E-state index contributed by atoms with van der Waals surface area (Å²) >= 11 is 0. The summed E-state index contributed by atoms with van der Waals surface area (Å²) in [6.45, 7) is 8.87. The number of aliphatic hydroxyl groups is 1. The lowest BCUT2D eigenvalue weighted by Gasteiger charge is -2.22. The van der Waals surface area contributed by atoms with Crippen molar-refractivity contribution in [2.24, 2.45) is 5.92 Å². The Bertz CT molecular complexity index is 841. The summed E-state index contributed by atoms with van der Waals surface area (Å²) in [5, 5.41) is 15.3. The molecule has 1 aromatic rings. The average molecular weight is 474 g/mol. The third-order valence-corrected chi connectivity index (χ3v) is 5.11. The maximum Gasteiger partial charge on any atom is 0.196 e. The third-order valence-electron chi connectivity index (χ3n) is 5.11. The molecule has 8 heteroatoms. The minimum absolute atomic E-state index is 0.0612. The fourth-order valence-corrected chi connectivity index (χ4v) is 3.09. The number of nitrogens with zero attached hydrogens (tertiary/aromatic N) is 1. The topological polar surface area (TPSA) is 110 Å². The van der Waals surface area contributed by atoms with Gasteiger partial charge in [-0.05, 0) is 56.7 Å². The summed E-state index contributed by atoms with van der Waals surface area (Å²) in [7, 11) is 1.68. The number of nitrogens with one attached hydrogen (secondary N) is 2. The summed E-state index contributed by atoms with van der Waals surface area (Å²) in [6, 6.07) is 3.51. The zero-order chi connectivity index (χ0) is 25.2. The number of ether oxygens (including phenoxy) is 2. The van der Waals surface area contributed by atoms with Crippen molar-refractivity contribution in [1.82, 2.24) is 4.98 Å². The van der Waals surface area contributed by atoms with E-state index in [0.717, 1.165) is 51.8 Å². The molecule has 0 spiro atoms. The van der Waals surface area contributed by atoms with Crippen molar-refractivity contribution in [1.29, 1.82) is 0 Å². The van der Waals surface area contributed by atoms with Crippen molar-refractivity contribution >= 4 is 23.7 Å². The summed E-state index contributed by atoms with van der Waals surface area (Å²) in [5.74, 6) is 1.35. The van der Waals surface area contributed by atoms with Crippen molar-refractivity contribution in [3.63, 3.8) is 0 Å². The number of aldehydes is 1. The molecule has 2 heterocycles. The first-order valence-electron chi connectivity index (χ1n) is 11.7. The van der Waals surface area contributed by atoms with Crippen molar-refractivity contribution in [3.05, 3.63) is 53.3 Å². The third kappa shape index (κ3) is 10.8. The predicted octanol–water partition coefficient (Wildman–Crippen LogP) is 4.72. The molecule has 0 saturated carbocycles. The molecule has 0 atom stereocenters. The lowest BCUT2D eigenvalue weighted by atomic mass is 10.0. The highest BCUT2D eigenvalue weighted by Gasteiger charge is 2.18. The van der Waals surface area contributed by atoms with Crippen LogP contribution in [-0.4, -0.2) is 62.2 Å². The Balaban J connectivity index is 0.00000133. The number of carbonyl (C=O) groups is 2. The Morgan fingerprint density at radius 2 is 1.94 bits per heavy atom. The number of aromatic nitrogens is 1. The second-order valence-electron chi connectivity index (χ2n) is 7.76. The fourth-order valence-electron chi connectivity index (χ4n) is 3.09. The van der Waals surface area contributed by atoms with Gasteiger partial charge >= 0.3 is 0 Å². The normalized spacial score (nSPS) is 14.9. The van der Waals surface area contributed by atoms with E-state index < -0.39 is 0 Å². The second kappa shape index (κ2) is 17.5. The van der Waals surface area contributed by atoms with E-state index in [9.17, 15) is 9.59 Å². The molecule has 2 rings (SSSR count). The van der Waals surface area contributed by atoms with Crippen LogP contribution in [-0.2, 0) is 14.3 Å². The van der Waals surface area contributed by atoms with Crippen LogP contribution in [0.25, 0.3) is 0 Å². The summed E-state index contributed by atoms with van der Waals surface area (Å²) in [4.78, 5) is 28.5. The van der Waals surface area contributed by atoms with Crippen LogP contribution in [0.4, 0.5) is 11.6 Å². The van der Waals surface area contributed by atoms with Gasteiger partial charge in [-0.1, -0.05) is 25.2 Å². The molecular weight excluding hydrogens is 434 g/mol. The van der Waals surface area contributed by atoms with Crippen molar-refractivity contribution in [3.8, 4) is 0 Å². The molecule has 1 fully saturated rings. The van der Waals surface area contributed by atoms with E-state index in [-0.39, 0.29) is 12.3 Å². The number of methoxy groups -OCH3 is 1. The first-order chi connectivity index (χ1) is 16.5. The molecule has 188 valence electrons. The van der Waals surface area contributed by atoms with Crippen LogP contribution in [0.1, 0.15) is 50.4 Å². The van der Waals surface area contributed by atoms with E-state index in [4.69, 9.17) is 9.84 Å². The van der Waals surface area contributed by atoms with Gasteiger partial charge < -0.3 is 30.0 Å². The lowest BCUT2D eigenvalue weighted by molar-refractivity contribution is -0.106. The number of hydrogen-bond donors (Lipinski definition) is 3. The Labute approximate surface area is 203 Å². The van der Waals surface area contributed by atoms with Crippen LogP contribution >= 0.6 is 0 Å². The summed E-state index contributed by atoms with van der Waals surface area (Å²) < 4.78 is 9.93. The molecule has 1 aliphatic rings. The highest BCUT2D eigenvalue weighted by molar-refractivity contribution is 6.13. The average Bonchev–Trinajstić information content (AvgIpc) is 2.88. The number of allylic oxidation sites excluding steroid dienone is 5. The van der Waals surface area contributed by atoms with Gasteiger partial charge in [-0.3, -0.25) is 4.79 Å². The minimum atomic E-state index is -0.198. The highest BCUT2D eigenvalue weighted by atomic mass is 16.5. The SMILES string of the molecule is CCOC.CC\C=C(/C=C\C(C)=C\O)C(=O)c1ccc(NCC2CCOCC2)nc1NCC=O.